The van der Waals surface area contributed by atoms with Gasteiger partial charge in [-0.2, -0.15) is 0 Å². The average molecular weight is 634 g/mol. The van der Waals surface area contributed by atoms with Crippen molar-refractivity contribution in [3.8, 4) is 17.3 Å². The number of amides is 1. The lowest BCUT2D eigenvalue weighted by Gasteiger charge is -2.28. The zero-order valence-corrected chi connectivity index (χ0v) is 26.5. The largest absolute Gasteiger partial charge is 0.469 e. The molecule has 240 valence electrons. The zero-order valence-electron chi connectivity index (χ0n) is 26.5. The van der Waals surface area contributed by atoms with Crippen molar-refractivity contribution in [3.63, 3.8) is 0 Å². The first-order chi connectivity index (χ1) is 22.6. The molecule has 0 saturated carbocycles. The number of benzene rings is 2. The maximum Gasteiger partial charge on any atom is 0.250 e. The Kier molecular flexibility index (Phi) is 6.73. The van der Waals surface area contributed by atoms with Crippen molar-refractivity contribution in [3.05, 3.63) is 89.3 Å². The van der Waals surface area contributed by atoms with Gasteiger partial charge in [-0.25, -0.2) is 9.97 Å². The molecule has 11 heteroatoms. The molecule has 0 radical (unpaired) electrons. The number of nitrogens with zero attached hydrogens (tertiary/aromatic N) is 3. The van der Waals surface area contributed by atoms with Crippen LogP contribution in [0.4, 0.5) is 5.69 Å². The smallest absolute Gasteiger partial charge is 0.250 e. The van der Waals surface area contributed by atoms with Gasteiger partial charge in [-0.1, -0.05) is 58.0 Å². The van der Waals surface area contributed by atoms with Crippen LogP contribution in [0.2, 0.25) is 0 Å². The molecule has 5 aromatic rings. The summed E-state index contributed by atoms with van der Waals surface area (Å²) >= 11 is 0. The number of pyridine rings is 1. The molecule has 4 bridgehead atoms. The fraction of sp³-hybridized carbons (Fsp3) is 0.361. The van der Waals surface area contributed by atoms with Crippen molar-refractivity contribution in [1.29, 1.82) is 0 Å². The SMILES string of the molecule is CC(C)[C@H](O)C(=O)CC1Cc2ccc3c(c2)C2(c4ccccc4N[C@H]2O3)c2oc(nc2-c2nc3cnccc3o2)[C@H](C(C)C)NC1=O. The van der Waals surface area contributed by atoms with Crippen molar-refractivity contribution in [1.82, 2.24) is 20.3 Å². The number of ether oxygens (including phenoxy) is 1. The Labute approximate surface area is 270 Å². The van der Waals surface area contributed by atoms with Crippen molar-refractivity contribution in [2.75, 3.05) is 5.32 Å². The first kappa shape index (κ1) is 29.4. The molecule has 47 heavy (non-hydrogen) atoms. The van der Waals surface area contributed by atoms with Crippen LogP contribution in [0.3, 0.4) is 0 Å². The lowest BCUT2D eigenvalue weighted by atomic mass is 9.72. The highest BCUT2D eigenvalue weighted by Gasteiger charge is 2.61. The van der Waals surface area contributed by atoms with Crippen LogP contribution < -0.4 is 15.4 Å². The van der Waals surface area contributed by atoms with E-state index in [9.17, 15) is 14.7 Å². The number of nitrogens with one attached hydrogen (secondary N) is 2. The number of fused-ring (bicyclic) bond motifs is 5. The van der Waals surface area contributed by atoms with Gasteiger partial charge in [0, 0.05) is 35.9 Å². The molecule has 0 aliphatic carbocycles. The number of aliphatic hydroxyl groups excluding tert-OH is 1. The molecule has 1 spiro atoms. The van der Waals surface area contributed by atoms with Gasteiger partial charge >= 0.3 is 0 Å². The van der Waals surface area contributed by atoms with Gasteiger partial charge in [0.2, 0.25) is 17.7 Å². The maximum absolute atomic E-state index is 14.1. The van der Waals surface area contributed by atoms with Crippen LogP contribution >= 0.6 is 0 Å². The Balaban J connectivity index is 1.38. The van der Waals surface area contributed by atoms with Crippen LogP contribution in [0, 0.1) is 17.8 Å². The van der Waals surface area contributed by atoms with Gasteiger partial charge in [-0.05, 0) is 41.5 Å². The van der Waals surface area contributed by atoms with Crippen molar-refractivity contribution in [2.45, 2.75) is 64.3 Å². The number of hydrogen-bond acceptors (Lipinski definition) is 10. The third-order valence-corrected chi connectivity index (χ3v) is 9.63. The van der Waals surface area contributed by atoms with E-state index in [1.807, 2.05) is 50.2 Å². The summed E-state index contributed by atoms with van der Waals surface area (Å²) in [6.07, 6.45) is 1.71. The summed E-state index contributed by atoms with van der Waals surface area (Å²) in [6.45, 7) is 7.52. The van der Waals surface area contributed by atoms with Gasteiger partial charge in [0.1, 0.15) is 28.8 Å². The number of hydrogen-bond donors (Lipinski definition) is 3. The number of carbonyl (C=O) groups excluding carboxylic acids is 2. The summed E-state index contributed by atoms with van der Waals surface area (Å²) in [5.74, 6) is -0.138. The van der Waals surface area contributed by atoms with Crippen molar-refractivity contribution < 1.29 is 28.3 Å². The minimum Gasteiger partial charge on any atom is -0.469 e. The molecular formula is C36H35N5O6. The molecule has 8 rings (SSSR count). The highest BCUT2D eigenvalue weighted by atomic mass is 16.5. The second-order valence-electron chi connectivity index (χ2n) is 13.4. The van der Waals surface area contributed by atoms with E-state index in [1.54, 1.807) is 32.3 Å². The summed E-state index contributed by atoms with van der Waals surface area (Å²) in [4.78, 5) is 41.2. The highest BCUT2D eigenvalue weighted by molar-refractivity contribution is 5.89. The van der Waals surface area contributed by atoms with E-state index in [1.165, 1.54) is 0 Å². The lowest BCUT2D eigenvalue weighted by molar-refractivity contribution is -0.135. The Morgan fingerprint density at radius 3 is 2.66 bits per heavy atom. The molecule has 0 saturated heterocycles. The number of aliphatic hydroxyl groups is 1. The van der Waals surface area contributed by atoms with Crippen LogP contribution in [0.15, 0.2) is 69.8 Å². The number of anilines is 1. The molecule has 2 unspecified atom stereocenters. The van der Waals surface area contributed by atoms with Gasteiger partial charge in [0.25, 0.3) is 0 Å². The summed E-state index contributed by atoms with van der Waals surface area (Å²) in [6, 6.07) is 15.0. The predicted octanol–water partition coefficient (Wildman–Crippen LogP) is 5.32. The van der Waals surface area contributed by atoms with E-state index < -0.39 is 29.7 Å². The van der Waals surface area contributed by atoms with Crippen LogP contribution in [0.5, 0.6) is 5.75 Å². The van der Waals surface area contributed by atoms with E-state index in [-0.39, 0.29) is 48.1 Å². The molecule has 11 nitrogen and oxygen atoms in total. The van der Waals surface area contributed by atoms with E-state index >= 15 is 0 Å². The molecular weight excluding hydrogens is 598 g/mol. The highest BCUT2D eigenvalue weighted by Crippen LogP contribution is 2.59. The van der Waals surface area contributed by atoms with Crippen LogP contribution in [-0.2, 0) is 21.4 Å². The van der Waals surface area contributed by atoms with E-state index in [2.05, 4.69) is 21.7 Å². The molecule has 3 aliphatic rings. The number of rotatable bonds is 6. The fourth-order valence-corrected chi connectivity index (χ4v) is 7.18. The number of carbonyl (C=O) groups is 2. The van der Waals surface area contributed by atoms with Gasteiger partial charge in [0.05, 0.1) is 6.20 Å². The molecule has 1 amide bonds. The zero-order chi connectivity index (χ0) is 32.6. The van der Waals surface area contributed by atoms with E-state index in [0.29, 0.717) is 28.3 Å². The first-order valence-electron chi connectivity index (χ1n) is 16.0. The molecule has 3 N–H and O–H groups in total. The van der Waals surface area contributed by atoms with E-state index in [4.69, 9.17) is 23.5 Å². The summed E-state index contributed by atoms with van der Waals surface area (Å²) < 4.78 is 19.8. The second kappa shape index (κ2) is 10.8. The average Bonchev–Trinajstić information content (AvgIpc) is 3.81. The van der Waals surface area contributed by atoms with Crippen molar-refractivity contribution in [2.24, 2.45) is 17.8 Å². The Morgan fingerprint density at radius 2 is 1.87 bits per heavy atom. The minimum atomic E-state index is -1.16. The molecule has 2 aromatic carbocycles. The topological polar surface area (TPSA) is 153 Å². The summed E-state index contributed by atoms with van der Waals surface area (Å²) in [5.41, 5.74) is 4.05. The number of aromatic nitrogens is 3. The van der Waals surface area contributed by atoms with E-state index in [0.717, 1.165) is 22.4 Å². The maximum atomic E-state index is 14.1. The first-order valence-corrected chi connectivity index (χ1v) is 16.0. The van der Waals surface area contributed by atoms with Crippen LogP contribution in [0.1, 0.15) is 68.5 Å². The number of Topliss-reactive ketones (excluding diaryl/α,β-unsaturated/α-hetero) is 1. The number of oxazole rings is 2. The number of ketones is 1. The van der Waals surface area contributed by atoms with Gasteiger partial charge in [-0.15, -0.1) is 0 Å². The molecule has 0 fully saturated rings. The predicted molar refractivity (Wildman–Crippen MR) is 171 cm³/mol. The number of para-hydroxylation sites is 1. The third kappa shape index (κ3) is 4.47. The minimum absolute atomic E-state index is 0.110. The molecule has 5 atom stereocenters. The van der Waals surface area contributed by atoms with Gasteiger partial charge in [0.15, 0.2) is 29.0 Å². The quantitative estimate of drug-likeness (QED) is 0.224. The molecule has 3 aliphatic heterocycles. The fourth-order valence-electron chi connectivity index (χ4n) is 7.18. The normalized spacial score (nSPS) is 23.4. The monoisotopic (exact) mass is 633 g/mol. The van der Waals surface area contributed by atoms with Crippen LogP contribution in [-0.4, -0.2) is 44.1 Å². The second-order valence-corrected chi connectivity index (χ2v) is 13.4. The standard InChI is InChI=1S/C36H35N5O6/c1-17(2)28-33-41-29(34-38-24-16-37-12-11-27(24)45-34)31(47-33)36-21-7-5-6-8-23(21)39-35(36)46-26-10-9-19(14-22(26)36)13-20(32(44)40-28)15-25(42)30(43)18(3)4/h5-12,14,16-18,20,28,30,35,39,43H,13,15H2,1-4H3,(H,40,44)/t20?,28-,30-,35-,36?/m0/s1. The van der Waals surface area contributed by atoms with Gasteiger partial charge in [-0.3, -0.25) is 14.6 Å². The van der Waals surface area contributed by atoms with Gasteiger partial charge < -0.3 is 29.3 Å². The Bertz CT molecular complexity index is 2020. The van der Waals surface area contributed by atoms with Crippen molar-refractivity contribution >= 4 is 28.5 Å². The Hall–Kier alpha value is -5.03. The molecule has 3 aromatic heterocycles. The summed E-state index contributed by atoms with van der Waals surface area (Å²) in [5, 5.41) is 17.3. The Morgan fingerprint density at radius 1 is 1.04 bits per heavy atom. The van der Waals surface area contributed by atoms with Crippen LogP contribution in [0.25, 0.3) is 22.7 Å². The summed E-state index contributed by atoms with van der Waals surface area (Å²) in [7, 11) is 0. The third-order valence-electron chi connectivity index (χ3n) is 9.63. The lowest BCUT2D eigenvalue weighted by Crippen LogP contribution is -2.41. The molecule has 6 heterocycles.